The van der Waals surface area contributed by atoms with Crippen LogP contribution in [0.15, 0.2) is 6.07 Å². The summed E-state index contributed by atoms with van der Waals surface area (Å²) in [6, 6.07) is 1.21. The van der Waals surface area contributed by atoms with E-state index in [1.165, 1.54) is 13.0 Å². The van der Waals surface area contributed by atoms with Gasteiger partial charge in [-0.25, -0.2) is 0 Å². The number of nitro groups is 1. The average Bonchev–Trinajstić information content (AvgIpc) is 2.11. The number of hydrogen-bond donors (Lipinski definition) is 4. The molecule has 14 heavy (non-hydrogen) atoms. The highest BCUT2D eigenvalue weighted by Crippen LogP contribution is 2.39. The van der Waals surface area contributed by atoms with E-state index in [9.17, 15) is 15.2 Å². The zero-order chi connectivity index (χ0) is 10.9. The molecular formula is C7H9N3O4. The van der Waals surface area contributed by atoms with E-state index in [4.69, 9.17) is 10.9 Å². The molecule has 0 radical (unpaired) electrons. The number of phenols is 1. The van der Waals surface area contributed by atoms with Gasteiger partial charge in [0.1, 0.15) is 5.69 Å². The van der Waals surface area contributed by atoms with Crippen LogP contribution in [0.5, 0.6) is 5.75 Å². The Balaban J connectivity index is 3.53. The summed E-state index contributed by atoms with van der Waals surface area (Å²) in [7, 11) is 0. The highest BCUT2D eigenvalue weighted by molar-refractivity contribution is 5.75. The average molecular weight is 199 g/mol. The van der Waals surface area contributed by atoms with E-state index >= 15 is 0 Å². The molecular weight excluding hydrogens is 190 g/mol. The largest absolute Gasteiger partial charge is 0.501 e. The van der Waals surface area contributed by atoms with Crippen LogP contribution >= 0.6 is 0 Å². The van der Waals surface area contributed by atoms with Gasteiger partial charge in [0.2, 0.25) is 5.75 Å². The predicted molar refractivity (Wildman–Crippen MR) is 49.3 cm³/mol. The minimum absolute atomic E-state index is 0.117. The molecule has 0 aliphatic heterocycles. The number of nitrogens with zero attached hydrogens (tertiary/aromatic N) is 1. The van der Waals surface area contributed by atoms with E-state index in [1.54, 1.807) is 5.48 Å². The molecule has 0 spiro atoms. The number of anilines is 2. The fourth-order valence-electron chi connectivity index (χ4n) is 1.08. The lowest BCUT2D eigenvalue weighted by atomic mass is 10.1. The van der Waals surface area contributed by atoms with Crippen molar-refractivity contribution in [2.45, 2.75) is 6.92 Å². The van der Waals surface area contributed by atoms with Crippen molar-refractivity contribution in [2.24, 2.45) is 0 Å². The van der Waals surface area contributed by atoms with Gasteiger partial charge < -0.3 is 10.8 Å². The number of hydrogen-bond acceptors (Lipinski definition) is 6. The Morgan fingerprint density at radius 2 is 2.21 bits per heavy atom. The van der Waals surface area contributed by atoms with E-state index in [1.807, 2.05) is 0 Å². The molecule has 0 saturated carbocycles. The summed E-state index contributed by atoms with van der Waals surface area (Å²) in [5, 5.41) is 28.4. The first-order valence-corrected chi connectivity index (χ1v) is 3.65. The topological polar surface area (TPSA) is 122 Å². The van der Waals surface area contributed by atoms with Crippen LogP contribution in [-0.2, 0) is 0 Å². The molecule has 0 aromatic heterocycles. The Morgan fingerprint density at radius 3 is 2.64 bits per heavy atom. The van der Waals surface area contributed by atoms with Crippen molar-refractivity contribution < 1.29 is 15.2 Å². The molecule has 0 bridgehead atoms. The Bertz CT molecular complexity index is 391. The number of nitrogen functional groups attached to an aromatic ring is 1. The fourth-order valence-corrected chi connectivity index (χ4v) is 1.08. The molecule has 1 aromatic carbocycles. The highest BCUT2D eigenvalue weighted by Gasteiger charge is 2.22. The van der Waals surface area contributed by atoms with Crippen molar-refractivity contribution in [3.63, 3.8) is 0 Å². The van der Waals surface area contributed by atoms with Gasteiger partial charge in [0.05, 0.1) is 10.5 Å². The molecule has 7 nitrogen and oxygen atoms in total. The minimum Gasteiger partial charge on any atom is -0.501 e. The van der Waals surface area contributed by atoms with Crippen LogP contribution in [0.4, 0.5) is 17.1 Å². The first kappa shape index (κ1) is 10.1. The van der Waals surface area contributed by atoms with Crippen LogP contribution < -0.4 is 11.2 Å². The monoisotopic (exact) mass is 199 g/mol. The van der Waals surface area contributed by atoms with Gasteiger partial charge in [-0.2, -0.15) is 0 Å². The minimum atomic E-state index is -0.762. The van der Waals surface area contributed by atoms with E-state index in [0.29, 0.717) is 0 Å². The first-order chi connectivity index (χ1) is 6.49. The maximum Gasteiger partial charge on any atom is 0.317 e. The normalized spacial score (nSPS) is 9.86. The van der Waals surface area contributed by atoms with E-state index in [2.05, 4.69) is 0 Å². The molecule has 0 saturated heterocycles. The second-order valence-corrected chi connectivity index (χ2v) is 2.70. The number of phenolic OH excluding ortho intramolecular Hbond substituents is 1. The standard InChI is InChI=1S/C7H9N3O4/c1-3-4(8)2-5(9-12)7(11)6(3)10(13)14/h2,9,11-12H,8H2,1H3. The van der Waals surface area contributed by atoms with Gasteiger partial charge in [-0.15, -0.1) is 0 Å². The van der Waals surface area contributed by atoms with Crippen molar-refractivity contribution in [3.05, 3.63) is 21.7 Å². The van der Waals surface area contributed by atoms with Crippen molar-refractivity contribution in [1.82, 2.24) is 0 Å². The number of rotatable bonds is 2. The smallest absolute Gasteiger partial charge is 0.317 e. The SMILES string of the molecule is Cc1c(N)cc(NO)c(O)c1[N+](=O)[O-]. The fraction of sp³-hybridized carbons (Fsp3) is 0.143. The van der Waals surface area contributed by atoms with Crippen LogP contribution in [0.1, 0.15) is 5.56 Å². The third-order valence-corrected chi connectivity index (χ3v) is 1.87. The Morgan fingerprint density at radius 1 is 1.64 bits per heavy atom. The summed E-state index contributed by atoms with van der Waals surface area (Å²) < 4.78 is 0. The summed E-state index contributed by atoms with van der Waals surface area (Å²) in [5.41, 5.74) is 6.63. The van der Waals surface area contributed by atoms with Crippen molar-refractivity contribution in [1.29, 1.82) is 0 Å². The zero-order valence-corrected chi connectivity index (χ0v) is 7.31. The molecule has 0 aliphatic carbocycles. The van der Waals surface area contributed by atoms with Crippen molar-refractivity contribution in [3.8, 4) is 5.75 Å². The molecule has 0 aliphatic rings. The van der Waals surface area contributed by atoms with Crippen LogP contribution in [0, 0.1) is 17.0 Å². The molecule has 76 valence electrons. The molecule has 7 heteroatoms. The maximum absolute atomic E-state index is 10.5. The van der Waals surface area contributed by atoms with Gasteiger partial charge in [-0.05, 0) is 13.0 Å². The number of nitro benzene ring substituents is 1. The quantitative estimate of drug-likeness (QED) is 0.185. The lowest BCUT2D eigenvalue weighted by molar-refractivity contribution is -0.386. The van der Waals surface area contributed by atoms with Gasteiger partial charge in [0.25, 0.3) is 0 Å². The maximum atomic E-state index is 10.5. The number of aromatic hydroxyl groups is 1. The number of nitrogens with two attached hydrogens (primary N) is 1. The summed E-state index contributed by atoms with van der Waals surface area (Å²) in [6.45, 7) is 1.41. The summed E-state index contributed by atoms with van der Waals surface area (Å²) in [4.78, 5) is 9.78. The highest BCUT2D eigenvalue weighted by atomic mass is 16.6. The first-order valence-electron chi connectivity index (χ1n) is 3.65. The van der Waals surface area contributed by atoms with Gasteiger partial charge >= 0.3 is 5.69 Å². The molecule has 0 amide bonds. The van der Waals surface area contributed by atoms with Gasteiger partial charge in [0, 0.05) is 5.69 Å². The predicted octanol–water partition coefficient (Wildman–Crippen LogP) is 0.992. The Hall–Kier alpha value is -2.02. The molecule has 0 atom stereocenters. The van der Waals surface area contributed by atoms with Crippen LogP contribution in [0.2, 0.25) is 0 Å². The molecule has 1 aromatic rings. The Labute approximate surface area is 78.9 Å². The van der Waals surface area contributed by atoms with Gasteiger partial charge in [-0.3, -0.25) is 20.8 Å². The number of benzene rings is 1. The number of nitrogens with one attached hydrogen (secondary N) is 1. The molecule has 0 unspecified atom stereocenters. The van der Waals surface area contributed by atoms with Gasteiger partial charge in [-0.1, -0.05) is 0 Å². The van der Waals surface area contributed by atoms with E-state index in [-0.39, 0.29) is 16.9 Å². The van der Waals surface area contributed by atoms with Crippen LogP contribution in [-0.4, -0.2) is 15.2 Å². The van der Waals surface area contributed by atoms with E-state index in [0.717, 1.165) is 0 Å². The van der Waals surface area contributed by atoms with Crippen molar-refractivity contribution in [2.75, 3.05) is 11.2 Å². The molecule has 0 fully saturated rings. The molecule has 0 heterocycles. The lowest BCUT2D eigenvalue weighted by Crippen LogP contribution is -2.00. The van der Waals surface area contributed by atoms with Crippen LogP contribution in [0.25, 0.3) is 0 Å². The van der Waals surface area contributed by atoms with Crippen LogP contribution in [0.3, 0.4) is 0 Å². The summed E-state index contributed by atoms with van der Waals surface area (Å²) >= 11 is 0. The van der Waals surface area contributed by atoms with Gasteiger partial charge in [0.15, 0.2) is 0 Å². The molecule has 1 rings (SSSR count). The Kier molecular flexibility index (Phi) is 2.43. The zero-order valence-electron chi connectivity index (χ0n) is 7.31. The third kappa shape index (κ3) is 1.40. The third-order valence-electron chi connectivity index (χ3n) is 1.87. The second-order valence-electron chi connectivity index (χ2n) is 2.70. The molecule has 5 N–H and O–H groups in total. The summed E-state index contributed by atoms with van der Waals surface area (Å²) in [6.07, 6.45) is 0. The van der Waals surface area contributed by atoms with E-state index < -0.39 is 16.4 Å². The lowest BCUT2D eigenvalue weighted by Gasteiger charge is -2.07. The summed E-state index contributed by atoms with van der Waals surface area (Å²) in [5.74, 6) is -0.635. The van der Waals surface area contributed by atoms with Crippen molar-refractivity contribution >= 4 is 17.1 Å². The second kappa shape index (κ2) is 3.38.